The van der Waals surface area contributed by atoms with Crippen LogP contribution in [0.5, 0.6) is 0 Å². The van der Waals surface area contributed by atoms with Gasteiger partial charge in [-0.05, 0) is 41.1 Å². The van der Waals surface area contributed by atoms with Crippen LogP contribution in [0.15, 0.2) is 6.07 Å². The second-order valence-corrected chi connectivity index (χ2v) is 5.10. The minimum atomic E-state index is -2.62. The lowest BCUT2D eigenvalue weighted by molar-refractivity contribution is -0.142. The maximum Gasteiger partial charge on any atom is 0.310 e. The summed E-state index contributed by atoms with van der Waals surface area (Å²) in [4.78, 5) is 15.3. The van der Waals surface area contributed by atoms with Gasteiger partial charge in [0.1, 0.15) is 5.69 Å². The van der Waals surface area contributed by atoms with Crippen molar-refractivity contribution in [3.63, 3.8) is 0 Å². The molecule has 0 radical (unpaired) electrons. The molecule has 0 saturated carbocycles. The van der Waals surface area contributed by atoms with Gasteiger partial charge in [-0.15, -0.1) is 0 Å². The molecule has 0 aliphatic carbocycles. The summed E-state index contributed by atoms with van der Waals surface area (Å²) in [5.74, 6) is -0.387. The Bertz CT molecular complexity index is 443. The largest absolute Gasteiger partial charge is 0.466 e. The van der Waals surface area contributed by atoms with Crippen molar-refractivity contribution in [3.8, 4) is 0 Å². The molecular formula is C11H11BrF2INO2. The normalized spacial score (nSPS) is 10.8. The van der Waals surface area contributed by atoms with Gasteiger partial charge in [0.15, 0.2) is 0 Å². The maximum atomic E-state index is 12.7. The molecule has 0 atom stereocenters. The van der Waals surface area contributed by atoms with E-state index in [1.165, 1.54) is 0 Å². The van der Waals surface area contributed by atoms with E-state index in [9.17, 15) is 13.6 Å². The molecule has 1 heterocycles. The van der Waals surface area contributed by atoms with E-state index in [1.54, 1.807) is 35.6 Å². The van der Waals surface area contributed by atoms with Gasteiger partial charge in [0.25, 0.3) is 6.43 Å². The first-order valence-corrected chi connectivity index (χ1v) is 7.37. The van der Waals surface area contributed by atoms with Crippen LogP contribution < -0.4 is 0 Å². The fourth-order valence-electron chi connectivity index (χ4n) is 1.37. The van der Waals surface area contributed by atoms with Gasteiger partial charge in [0, 0.05) is 8.90 Å². The molecule has 18 heavy (non-hydrogen) atoms. The van der Waals surface area contributed by atoms with E-state index in [-0.39, 0.29) is 18.1 Å². The van der Waals surface area contributed by atoms with Crippen LogP contribution in [0.3, 0.4) is 0 Å². The number of rotatable bonds is 5. The first kappa shape index (κ1) is 15.7. The number of nitrogens with zero attached hydrogens (tertiary/aromatic N) is 1. The predicted molar refractivity (Wildman–Crippen MR) is 74.9 cm³/mol. The van der Waals surface area contributed by atoms with Crippen molar-refractivity contribution >= 4 is 44.5 Å². The summed E-state index contributed by atoms with van der Waals surface area (Å²) in [6.45, 7) is 2.01. The Morgan fingerprint density at radius 2 is 2.28 bits per heavy atom. The summed E-state index contributed by atoms with van der Waals surface area (Å²) < 4.78 is 30.6. The Morgan fingerprint density at radius 3 is 2.78 bits per heavy atom. The number of esters is 1. The molecule has 0 aliphatic heterocycles. The molecule has 0 bridgehead atoms. The molecule has 1 aromatic heterocycles. The number of carbonyl (C=O) groups excluding carboxylic acids is 1. The fraction of sp³-hybridized carbons (Fsp3) is 0.455. The molecule has 3 nitrogen and oxygen atoms in total. The number of aromatic nitrogens is 1. The smallest absolute Gasteiger partial charge is 0.310 e. The summed E-state index contributed by atoms with van der Waals surface area (Å²) in [7, 11) is 0. The van der Waals surface area contributed by atoms with Crippen molar-refractivity contribution in [1.29, 1.82) is 0 Å². The number of alkyl halides is 3. The van der Waals surface area contributed by atoms with Gasteiger partial charge in [-0.25, -0.2) is 13.8 Å². The minimum Gasteiger partial charge on any atom is -0.466 e. The van der Waals surface area contributed by atoms with Gasteiger partial charge >= 0.3 is 5.97 Å². The lowest BCUT2D eigenvalue weighted by atomic mass is 10.1. The molecule has 0 aromatic carbocycles. The molecule has 1 aromatic rings. The number of pyridine rings is 1. The highest BCUT2D eigenvalue weighted by molar-refractivity contribution is 14.1. The Labute approximate surface area is 126 Å². The first-order chi connectivity index (χ1) is 8.49. The van der Waals surface area contributed by atoms with Crippen LogP contribution in [-0.2, 0) is 21.3 Å². The second kappa shape index (κ2) is 7.32. The van der Waals surface area contributed by atoms with Crippen LogP contribution in [0.4, 0.5) is 8.78 Å². The van der Waals surface area contributed by atoms with Gasteiger partial charge in [-0.3, -0.25) is 4.79 Å². The van der Waals surface area contributed by atoms with Crippen molar-refractivity contribution in [2.24, 2.45) is 0 Å². The van der Waals surface area contributed by atoms with Crippen LogP contribution in [0.1, 0.15) is 30.3 Å². The highest BCUT2D eigenvalue weighted by Gasteiger charge is 2.18. The van der Waals surface area contributed by atoms with Crippen LogP contribution in [0.2, 0.25) is 0 Å². The molecule has 0 N–H and O–H groups in total. The third kappa shape index (κ3) is 4.11. The molecular weight excluding hydrogens is 423 g/mol. The van der Waals surface area contributed by atoms with Crippen molar-refractivity contribution in [2.45, 2.75) is 25.1 Å². The quantitative estimate of drug-likeness (QED) is 0.404. The molecule has 0 spiro atoms. The van der Waals surface area contributed by atoms with Gasteiger partial charge in [0.2, 0.25) is 0 Å². The molecule has 0 amide bonds. The Hall–Kier alpha value is -0.310. The second-order valence-electron chi connectivity index (χ2n) is 3.38. The molecule has 0 fully saturated rings. The van der Waals surface area contributed by atoms with Crippen molar-refractivity contribution in [2.75, 3.05) is 6.61 Å². The monoisotopic (exact) mass is 433 g/mol. The zero-order valence-corrected chi connectivity index (χ0v) is 13.3. The number of hydrogen-bond acceptors (Lipinski definition) is 3. The summed E-state index contributed by atoms with van der Waals surface area (Å²) in [6, 6.07) is 1.56. The fourth-order valence-corrected chi connectivity index (χ4v) is 2.59. The van der Waals surface area contributed by atoms with Gasteiger partial charge in [-0.2, -0.15) is 0 Å². The van der Waals surface area contributed by atoms with Crippen LogP contribution in [-0.4, -0.2) is 17.6 Å². The predicted octanol–water partition coefficient (Wildman–Crippen LogP) is 3.62. The van der Waals surface area contributed by atoms with Crippen molar-refractivity contribution in [3.05, 3.63) is 26.6 Å². The highest BCUT2D eigenvalue weighted by Crippen LogP contribution is 2.26. The summed E-state index contributed by atoms with van der Waals surface area (Å²) >= 11 is 4.98. The highest BCUT2D eigenvalue weighted by atomic mass is 127. The van der Waals surface area contributed by atoms with E-state index >= 15 is 0 Å². The van der Waals surface area contributed by atoms with E-state index in [2.05, 4.69) is 20.9 Å². The topological polar surface area (TPSA) is 39.2 Å². The van der Waals surface area contributed by atoms with Gasteiger partial charge in [-0.1, -0.05) is 15.9 Å². The lowest BCUT2D eigenvalue weighted by Gasteiger charge is -2.10. The zero-order valence-electron chi connectivity index (χ0n) is 9.55. The van der Waals surface area contributed by atoms with E-state index in [1.807, 2.05) is 0 Å². The molecule has 0 aliphatic rings. The minimum absolute atomic E-state index is 0.0429. The summed E-state index contributed by atoms with van der Waals surface area (Å²) in [5, 5.41) is 0.318. The average Bonchev–Trinajstić information content (AvgIpc) is 2.29. The number of hydrogen-bond donors (Lipinski definition) is 0. The maximum absolute atomic E-state index is 12.7. The van der Waals surface area contributed by atoms with E-state index in [4.69, 9.17) is 4.74 Å². The zero-order chi connectivity index (χ0) is 13.7. The van der Waals surface area contributed by atoms with Gasteiger partial charge in [0.05, 0.1) is 18.7 Å². The Morgan fingerprint density at radius 1 is 1.61 bits per heavy atom. The number of halogens is 4. The summed E-state index contributed by atoms with van der Waals surface area (Å²) in [5.41, 5.74) is 0.801. The van der Waals surface area contributed by atoms with E-state index < -0.39 is 6.43 Å². The van der Waals surface area contributed by atoms with Crippen LogP contribution in [0.25, 0.3) is 0 Å². The molecule has 7 heteroatoms. The Balaban J connectivity index is 3.05. The lowest BCUT2D eigenvalue weighted by Crippen LogP contribution is -2.11. The summed E-state index contributed by atoms with van der Waals surface area (Å²) in [6.07, 6.45) is -2.58. The molecule has 0 unspecified atom stereocenters. The standard InChI is InChI=1S/C11H11BrF2INO2/c1-2-18-9(17)4-6-3-7(15)10(11(13)14)16-8(6)5-12/h3,11H,2,4-5H2,1H3. The van der Waals surface area contributed by atoms with E-state index in [0.29, 0.717) is 26.8 Å². The number of ether oxygens (including phenoxy) is 1. The van der Waals surface area contributed by atoms with Crippen molar-refractivity contribution in [1.82, 2.24) is 4.98 Å². The molecule has 0 saturated heterocycles. The third-order valence-corrected chi connectivity index (χ3v) is 3.54. The van der Waals surface area contributed by atoms with Crippen LogP contribution in [0, 0.1) is 3.57 Å². The Kier molecular flexibility index (Phi) is 6.40. The average molecular weight is 434 g/mol. The third-order valence-electron chi connectivity index (χ3n) is 2.15. The first-order valence-electron chi connectivity index (χ1n) is 5.17. The van der Waals surface area contributed by atoms with Gasteiger partial charge < -0.3 is 4.74 Å². The molecule has 1 rings (SSSR count). The SMILES string of the molecule is CCOC(=O)Cc1cc(I)c(C(F)F)nc1CBr. The van der Waals surface area contributed by atoms with Crippen molar-refractivity contribution < 1.29 is 18.3 Å². The van der Waals surface area contributed by atoms with Crippen LogP contribution >= 0.6 is 38.5 Å². The number of carbonyl (C=O) groups is 1. The van der Waals surface area contributed by atoms with E-state index in [0.717, 1.165) is 0 Å². The molecule has 100 valence electrons.